The minimum absolute atomic E-state index is 0.0164. The summed E-state index contributed by atoms with van der Waals surface area (Å²) in [4.78, 5) is 87.8. The van der Waals surface area contributed by atoms with Crippen molar-refractivity contribution in [2.75, 3.05) is 26.7 Å². The van der Waals surface area contributed by atoms with Crippen LogP contribution in [0.3, 0.4) is 0 Å². The second-order valence-corrected chi connectivity index (χ2v) is 20.0. The molecule has 53 heavy (non-hydrogen) atoms. The molecule has 5 rings (SSSR count). The number of ketones is 1. The summed E-state index contributed by atoms with van der Waals surface area (Å²) in [5.41, 5.74) is 3.65. The number of nitrogens with zero attached hydrogens (tertiary/aromatic N) is 3. The lowest BCUT2D eigenvalue weighted by molar-refractivity contribution is -0.143. The lowest BCUT2D eigenvalue weighted by atomic mass is 9.73. The Morgan fingerprint density at radius 2 is 1.32 bits per heavy atom. The second-order valence-electron chi connectivity index (χ2n) is 20.0. The van der Waals surface area contributed by atoms with Gasteiger partial charge in [0, 0.05) is 37.1 Å². The number of nitrogens with one attached hydrogen (secondary N) is 3. The van der Waals surface area contributed by atoms with Gasteiger partial charge in [0.1, 0.15) is 18.1 Å². The highest BCUT2D eigenvalue weighted by Crippen LogP contribution is 2.88. The van der Waals surface area contributed by atoms with Crippen molar-refractivity contribution in [2.45, 2.75) is 157 Å². The van der Waals surface area contributed by atoms with Crippen LogP contribution in [0.25, 0.3) is 0 Å². The number of piperazine rings is 1. The van der Waals surface area contributed by atoms with Crippen molar-refractivity contribution in [3.63, 3.8) is 0 Å². The van der Waals surface area contributed by atoms with E-state index in [1.807, 2.05) is 46.4 Å². The highest BCUT2D eigenvalue weighted by molar-refractivity contribution is 6.37. The SMILES string of the molecule is C[C@@H]1CN(C(=O)C(NC(=O)N[C@@H](C(=O)N2C[C@]3(C[C@H]2C(=O)NC(CC2CCC2)C(=O)C(N)=O)C(C)(C)C32CCC2)C(C)(C)C)C(C)(C)C)C[C@H](C)N1C. The molecule has 0 aromatic heterocycles. The molecule has 6 amide bonds. The summed E-state index contributed by atoms with van der Waals surface area (Å²) in [6.07, 6.45) is 6.79. The van der Waals surface area contributed by atoms with Crippen molar-refractivity contribution in [1.29, 1.82) is 0 Å². The Labute approximate surface area is 316 Å². The van der Waals surface area contributed by atoms with Crippen LogP contribution in [-0.2, 0) is 24.0 Å². The van der Waals surface area contributed by atoms with Gasteiger partial charge in [-0.25, -0.2) is 4.79 Å². The lowest BCUT2D eigenvalue weighted by Gasteiger charge is -2.45. The van der Waals surface area contributed by atoms with Gasteiger partial charge < -0.3 is 31.5 Å². The Hall–Kier alpha value is -3.22. The maximum absolute atomic E-state index is 14.9. The van der Waals surface area contributed by atoms with Crippen LogP contribution in [0.15, 0.2) is 0 Å². The van der Waals surface area contributed by atoms with Gasteiger partial charge in [0.05, 0.1) is 6.04 Å². The monoisotopic (exact) mass is 742 g/mol. The summed E-state index contributed by atoms with van der Waals surface area (Å²) in [5.74, 6) is -2.73. The molecular weight excluding hydrogens is 674 g/mol. The van der Waals surface area contributed by atoms with E-state index in [9.17, 15) is 28.8 Å². The first-order chi connectivity index (χ1) is 24.4. The molecule has 5 fully saturated rings. The molecular formula is C40H67N7O6. The first kappa shape index (κ1) is 41.0. The van der Waals surface area contributed by atoms with Crippen molar-refractivity contribution < 1.29 is 28.8 Å². The summed E-state index contributed by atoms with van der Waals surface area (Å²) < 4.78 is 0. The summed E-state index contributed by atoms with van der Waals surface area (Å²) in [7, 11) is 2.05. The number of likely N-dealkylation sites (N-methyl/N-ethyl adjacent to an activating group) is 1. The summed E-state index contributed by atoms with van der Waals surface area (Å²) in [5, 5.41) is 8.75. The lowest BCUT2D eigenvalue weighted by Crippen LogP contribution is -2.64. The van der Waals surface area contributed by atoms with E-state index in [1.54, 1.807) is 4.90 Å². The van der Waals surface area contributed by atoms with Gasteiger partial charge in [-0.2, -0.15) is 0 Å². The number of hydrogen-bond acceptors (Lipinski definition) is 7. The zero-order chi connectivity index (χ0) is 39.6. The van der Waals surface area contributed by atoms with Crippen molar-refractivity contribution in [2.24, 2.45) is 38.7 Å². The molecule has 5 N–H and O–H groups in total. The van der Waals surface area contributed by atoms with Gasteiger partial charge in [-0.1, -0.05) is 81.1 Å². The van der Waals surface area contributed by atoms with Crippen molar-refractivity contribution in [1.82, 2.24) is 30.7 Å². The van der Waals surface area contributed by atoms with Crippen molar-refractivity contribution >= 4 is 35.4 Å². The Morgan fingerprint density at radius 1 is 0.792 bits per heavy atom. The fourth-order valence-corrected chi connectivity index (χ4v) is 10.3. The van der Waals surface area contributed by atoms with Gasteiger partial charge in [0.15, 0.2) is 0 Å². The number of primary amides is 1. The molecule has 0 bridgehead atoms. The Bertz CT molecular complexity index is 1480. The molecule has 2 unspecified atom stereocenters. The molecule has 2 spiro atoms. The number of carbonyl (C=O) groups is 6. The first-order valence-electron chi connectivity index (χ1n) is 19.9. The van der Waals surface area contributed by atoms with E-state index in [4.69, 9.17) is 5.73 Å². The minimum Gasteiger partial charge on any atom is -0.363 e. The van der Waals surface area contributed by atoms with Crippen LogP contribution in [0.2, 0.25) is 0 Å². The third-order valence-electron chi connectivity index (χ3n) is 14.5. The van der Waals surface area contributed by atoms with E-state index in [0.29, 0.717) is 32.5 Å². The molecule has 0 aromatic carbocycles. The number of urea groups is 1. The number of fused-ring (bicyclic) bond motifs is 1. The maximum atomic E-state index is 14.9. The molecule has 0 aromatic rings. The summed E-state index contributed by atoms with van der Waals surface area (Å²) >= 11 is 0. The third kappa shape index (κ3) is 7.20. The van der Waals surface area contributed by atoms with Gasteiger partial charge in [-0.15, -0.1) is 0 Å². The number of rotatable bonds is 10. The van der Waals surface area contributed by atoms with Gasteiger partial charge in [-0.05, 0) is 74.2 Å². The van der Waals surface area contributed by atoms with Crippen LogP contribution in [0, 0.1) is 33.0 Å². The minimum atomic E-state index is -1.09. The number of carbonyl (C=O) groups excluding carboxylic acids is 6. The van der Waals surface area contributed by atoms with E-state index in [-0.39, 0.29) is 46.1 Å². The molecule has 7 atom stereocenters. The zero-order valence-electron chi connectivity index (χ0n) is 34.2. The fourth-order valence-electron chi connectivity index (χ4n) is 10.3. The van der Waals surface area contributed by atoms with Crippen LogP contribution in [0.1, 0.15) is 121 Å². The fraction of sp³-hybridized carbons (Fsp3) is 0.850. The largest absolute Gasteiger partial charge is 0.363 e. The molecule has 2 aliphatic heterocycles. The van der Waals surface area contributed by atoms with Crippen molar-refractivity contribution in [3.05, 3.63) is 0 Å². The molecule has 5 aliphatic rings. The van der Waals surface area contributed by atoms with Crippen LogP contribution in [-0.4, -0.2) is 113 Å². The molecule has 13 heteroatoms. The second kappa shape index (κ2) is 14.1. The predicted molar refractivity (Wildman–Crippen MR) is 202 cm³/mol. The van der Waals surface area contributed by atoms with E-state index >= 15 is 0 Å². The molecule has 13 nitrogen and oxygen atoms in total. The third-order valence-corrected chi connectivity index (χ3v) is 14.5. The highest BCUT2D eigenvalue weighted by Gasteiger charge is 2.85. The normalized spacial score (nSPS) is 29.8. The van der Waals surface area contributed by atoms with Crippen LogP contribution in [0.4, 0.5) is 4.79 Å². The standard InChI is InChI=1S/C40H67N7O6/c1-23-20-46(21-24(2)45(23)11)33(51)29(36(3,4)5)43-35(53)44-30(37(6,7)8)34(52)47-22-40(38(9,10)39(40)16-13-17-39)19-27(47)32(50)42-26(28(48)31(41)49)18-25-14-12-15-25/h23-27,29-30H,12-22H2,1-11H3,(H2,41,49)(H,42,50)(H2,43,44,53)/t23-,24+,26?,27-,29?,30-,40+/m0/s1. The van der Waals surface area contributed by atoms with E-state index in [1.165, 1.54) is 0 Å². The average Bonchev–Trinajstić information content (AvgIpc) is 3.22. The van der Waals surface area contributed by atoms with Gasteiger partial charge in [0.2, 0.25) is 23.5 Å². The predicted octanol–water partition coefficient (Wildman–Crippen LogP) is 3.19. The zero-order valence-corrected chi connectivity index (χ0v) is 34.2. The molecule has 2 saturated heterocycles. The molecule has 3 aliphatic carbocycles. The first-order valence-corrected chi connectivity index (χ1v) is 19.9. The smallest absolute Gasteiger partial charge is 0.316 e. The summed E-state index contributed by atoms with van der Waals surface area (Å²) in [6, 6.07) is -4.15. The Kier molecular flexibility index (Phi) is 10.9. The van der Waals surface area contributed by atoms with Gasteiger partial charge in [-0.3, -0.25) is 28.9 Å². The number of likely N-dealkylation sites (tertiary alicyclic amines) is 1. The van der Waals surface area contributed by atoms with Crippen LogP contribution in [0.5, 0.6) is 0 Å². The quantitative estimate of drug-likeness (QED) is 0.249. The number of amides is 6. The number of hydrogen-bond donors (Lipinski definition) is 4. The van der Waals surface area contributed by atoms with Crippen LogP contribution < -0.4 is 21.7 Å². The number of nitrogens with two attached hydrogens (primary N) is 1. The number of Topliss-reactive ketones (excluding diaryl/α,β-unsaturated/α-hetero) is 1. The van der Waals surface area contributed by atoms with E-state index in [2.05, 4.69) is 55.6 Å². The van der Waals surface area contributed by atoms with Gasteiger partial charge >= 0.3 is 6.03 Å². The Balaban J connectivity index is 1.39. The van der Waals surface area contributed by atoms with Crippen molar-refractivity contribution in [3.8, 4) is 0 Å². The average molecular weight is 742 g/mol. The molecule has 2 heterocycles. The van der Waals surface area contributed by atoms with Crippen LogP contribution >= 0.6 is 0 Å². The van der Waals surface area contributed by atoms with E-state index < -0.39 is 58.6 Å². The summed E-state index contributed by atoms with van der Waals surface area (Å²) in [6.45, 7) is 21.4. The maximum Gasteiger partial charge on any atom is 0.316 e. The molecule has 3 saturated carbocycles. The highest BCUT2D eigenvalue weighted by atomic mass is 16.2. The Morgan fingerprint density at radius 3 is 1.74 bits per heavy atom. The molecule has 298 valence electrons. The molecule has 0 radical (unpaired) electrons. The van der Waals surface area contributed by atoms with E-state index in [0.717, 1.165) is 38.5 Å². The topological polar surface area (TPSA) is 174 Å². The van der Waals surface area contributed by atoms with Gasteiger partial charge in [0.25, 0.3) is 5.91 Å².